The Labute approximate surface area is 143 Å². The molecule has 1 unspecified atom stereocenters. The molecule has 1 aliphatic heterocycles. The van der Waals surface area contributed by atoms with Gasteiger partial charge in [0.2, 0.25) is 11.8 Å². The van der Waals surface area contributed by atoms with Crippen molar-refractivity contribution in [1.82, 2.24) is 20.5 Å². The standard InChI is InChI=1S/C18H26N4O2/c1-2-3-6-12-22-13-11-20-16(18(22)24)14-17(23)21-10-8-15-7-4-5-9-19-15/h2,4-5,7,9,16,20H,1,3,6,8,10-14H2,(H,21,23). The van der Waals surface area contributed by atoms with Crippen LogP contribution in [0.4, 0.5) is 0 Å². The number of rotatable bonds is 9. The smallest absolute Gasteiger partial charge is 0.240 e. The third-order valence-electron chi connectivity index (χ3n) is 4.04. The predicted molar refractivity (Wildman–Crippen MR) is 93.4 cm³/mol. The van der Waals surface area contributed by atoms with Gasteiger partial charge in [-0.1, -0.05) is 12.1 Å². The zero-order valence-corrected chi connectivity index (χ0v) is 14.0. The minimum atomic E-state index is -0.419. The Bertz CT molecular complexity index is 547. The van der Waals surface area contributed by atoms with Crippen molar-refractivity contribution < 1.29 is 9.59 Å². The first-order valence-corrected chi connectivity index (χ1v) is 8.50. The summed E-state index contributed by atoms with van der Waals surface area (Å²) in [6.07, 6.45) is 6.28. The normalized spacial score (nSPS) is 17.6. The fourth-order valence-corrected chi connectivity index (χ4v) is 2.73. The average Bonchev–Trinajstić information content (AvgIpc) is 2.59. The minimum Gasteiger partial charge on any atom is -0.356 e. The molecule has 0 radical (unpaired) electrons. The van der Waals surface area contributed by atoms with Crippen molar-refractivity contribution in [2.75, 3.05) is 26.2 Å². The lowest BCUT2D eigenvalue weighted by Gasteiger charge is -2.33. The molecule has 1 atom stereocenters. The summed E-state index contributed by atoms with van der Waals surface area (Å²) in [5.74, 6) is -0.0880. The van der Waals surface area contributed by atoms with E-state index in [0.29, 0.717) is 19.5 Å². The molecule has 1 saturated heterocycles. The van der Waals surface area contributed by atoms with E-state index in [2.05, 4.69) is 22.2 Å². The second-order valence-electron chi connectivity index (χ2n) is 5.89. The van der Waals surface area contributed by atoms with Gasteiger partial charge in [0.1, 0.15) is 0 Å². The first kappa shape index (κ1) is 18.1. The molecule has 0 aliphatic carbocycles. The molecule has 0 bridgehead atoms. The molecule has 2 amide bonds. The Kier molecular flexibility index (Phi) is 7.42. The molecule has 2 rings (SSSR count). The van der Waals surface area contributed by atoms with Gasteiger partial charge < -0.3 is 15.5 Å². The van der Waals surface area contributed by atoms with E-state index in [-0.39, 0.29) is 18.2 Å². The summed E-state index contributed by atoms with van der Waals surface area (Å²) < 4.78 is 0. The third-order valence-corrected chi connectivity index (χ3v) is 4.04. The van der Waals surface area contributed by atoms with Crippen LogP contribution in [0.1, 0.15) is 25.0 Å². The molecular formula is C18H26N4O2. The van der Waals surface area contributed by atoms with Crippen molar-refractivity contribution in [3.05, 3.63) is 42.7 Å². The number of hydrogen-bond donors (Lipinski definition) is 2. The highest BCUT2D eigenvalue weighted by atomic mass is 16.2. The van der Waals surface area contributed by atoms with E-state index in [9.17, 15) is 9.59 Å². The van der Waals surface area contributed by atoms with Crippen LogP contribution in [0.5, 0.6) is 0 Å². The van der Waals surface area contributed by atoms with Gasteiger partial charge in [-0.05, 0) is 25.0 Å². The fourth-order valence-electron chi connectivity index (χ4n) is 2.73. The molecule has 2 heterocycles. The van der Waals surface area contributed by atoms with Crippen LogP contribution in [0.15, 0.2) is 37.1 Å². The van der Waals surface area contributed by atoms with Gasteiger partial charge in [-0.2, -0.15) is 0 Å². The van der Waals surface area contributed by atoms with Crippen LogP contribution >= 0.6 is 0 Å². The van der Waals surface area contributed by atoms with Gasteiger partial charge in [0.15, 0.2) is 0 Å². The van der Waals surface area contributed by atoms with E-state index in [1.165, 1.54) is 0 Å². The Hall–Kier alpha value is -2.21. The van der Waals surface area contributed by atoms with Gasteiger partial charge in [0, 0.05) is 44.5 Å². The molecule has 1 fully saturated rings. The second kappa shape index (κ2) is 9.82. The molecule has 6 nitrogen and oxygen atoms in total. The Morgan fingerprint density at radius 2 is 2.38 bits per heavy atom. The number of piperazine rings is 1. The van der Waals surface area contributed by atoms with Crippen LogP contribution in [0, 0.1) is 0 Å². The minimum absolute atomic E-state index is 0.0187. The summed E-state index contributed by atoms with van der Waals surface area (Å²) in [7, 11) is 0. The summed E-state index contributed by atoms with van der Waals surface area (Å²) in [5, 5.41) is 6.01. The number of nitrogens with one attached hydrogen (secondary N) is 2. The number of carbonyl (C=O) groups is 2. The number of aromatic nitrogens is 1. The van der Waals surface area contributed by atoms with Crippen molar-refractivity contribution in [2.45, 2.75) is 31.7 Å². The van der Waals surface area contributed by atoms with Gasteiger partial charge in [0.05, 0.1) is 12.5 Å². The Morgan fingerprint density at radius 1 is 1.50 bits per heavy atom. The van der Waals surface area contributed by atoms with E-state index >= 15 is 0 Å². The molecule has 1 aromatic rings. The molecule has 0 spiro atoms. The van der Waals surface area contributed by atoms with E-state index in [0.717, 1.165) is 31.6 Å². The average molecular weight is 330 g/mol. The van der Waals surface area contributed by atoms with Crippen molar-refractivity contribution in [3.8, 4) is 0 Å². The number of unbranched alkanes of at least 4 members (excludes halogenated alkanes) is 1. The maximum atomic E-state index is 12.4. The number of allylic oxidation sites excluding steroid dienone is 1. The quantitative estimate of drug-likeness (QED) is 0.521. The SMILES string of the molecule is C=CCCCN1CCNC(CC(=O)NCCc2ccccn2)C1=O. The molecule has 0 aromatic carbocycles. The van der Waals surface area contributed by atoms with Crippen LogP contribution in [0.25, 0.3) is 0 Å². The number of nitrogens with zero attached hydrogens (tertiary/aromatic N) is 2. The maximum Gasteiger partial charge on any atom is 0.240 e. The summed E-state index contributed by atoms with van der Waals surface area (Å²) in [6, 6.07) is 5.30. The molecule has 24 heavy (non-hydrogen) atoms. The lowest BCUT2D eigenvalue weighted by atomic mass is 10.1. The largest absolute Gasteiger partial charge is 0.356 e. The van der Waals surface area contributed by atoms with Gasteiger partial charge in [-0.3, -0.25) is 14.6 Å². The van der Waals surface area contributed by atoms with Crippen molar-refractivity contribution in [1.29, 1.82) is 0 Å². The molecular weight excluding hydrogens is 304 g/mol. The van der Waals surface area contributed by atoms with E-state index in [1.54, 1.807) is 6.20 Å². The van der Waals surface area contributed by atoms with E-state index in [4.69, 9.17) is 0 Å². The molecule has 6 heteroatoms. The second-order valence-corrected chi connectivity index (χ2v) is 5.89. The summed E-state index contributed by atoms with van der Waals surface area (Å²) in [4.78, 5) is 30.5. The highest BCUT2D eigenvalue weighted by molar-refractivity contribution is 5.88. The highest BCUT2D eigenvalue weighted by Gasteiger charge is 2.29. The molecule has 130 valence electrons. The molecule has 2 N–H and O–H groups in total. The lowest BCUT2D eigenvalue weighted by Crippen LogP contribution is -2.56. The summed E-state index contributed by atoms with van der Waals surface area (Å²) in [5.41, 5.74) is 0.943. The van der Waals surface area contributed by atoms with E-state index in [1.807, 2.05) is 29.2 Å². The van der Waals surface area contributed by atoms with Crippen LogP contribution < -0.4 is 10.6 Å². The van der Waals surface area contributed by atoms with Gasteiger partial charge in [0.25, 0.3) is 0 Å². The lowest BCUT2D eigenvalue weighted by molar-refractivity contribution is -0.138. The summed E-state index contributed by atoms with van der Waals surface area (Å²) >= 11 is 0. The first-order valence-electron chi connectivity index (χ1n) is 8.50. The fraction of sp³-hybridized carbons (Fsp3) is 0.500. The van der Waals surface area contributed by atoms with Crippen LogP contribution in [-0.2, 0) is 16.0 Å². The van der Waals surface area contributed by atoms with Gasteiger partial charge >= 0.3 is 0 Å². The number of amides is 2. The van der Waals surface area contributed by atoms with Crippen LogP contribution in [-0.4, -0.2) is 53.9 Å². The third kappa shape index (κ3) is 5.77. The molecule has 1 aromatic heterocycles. The highest BCUT2D eigenvalue weighted by Crippen LogP contribution is 2.07. The topological polar surface area (TPSA) is 74.3 Å². The first-order chi connectivity index (χ1) is 11.7. The number of carbonyl (C=O) groups excluding carboxylic acids is 2. The van der Waals surface area contributed by atoms with E-state index < -0.39 is 6.04 Å². The Balaban J connectivity index is 1.72. The summed E-state index contributed by atoms with van der Waals surface area (Å²) in [6.45, 7) is 6.38. The predicted octanol–water partition coefficient (Wildman–Crippen LogP) is 0.897. The van der Waals surface area contributed by atoms with Gasteiger partial charge in [-0.15, -0.1) is 6.58 Å². The Morgan fingerprint density at radius 3 is 3.12 bits per heavy atom. The van der Waals surface area contributed by atoms with Crippen molar-refractivity contribution in [3.63, 3.8) is 0 Å². The monoisotopic (exact) mass is 330 g/mol. The van der Waals surface area contributed by atoms with Gasteiger partial charge in [-0.25, -0.2) is 0 Å². The number of hydrogen-bond acceptors (Lipinski definition) is 4. The van der Waals surface area contributed by atoms with Crippen LogP contribution in [0.3, 0.4) is 0 Å². The van der Waals surface area contributed by atoms with Crippen molar-refractivity contribution in [2.24, 2.45) is 0 Å². The number of pyridine rings is 1. The zero-order chi connectivity index (χ0) is 17.2. The van der Waals surface area contributed by atoms with Crippen molar-refractivity contribution >= 4 is 11.8 Å². The zero-order valence-electron chi connectivity index (χ0n) is 14.0. The molecule has 0 saturated carbocycles. The van der Waals surface area contributed by atoms with Crippen LogP contribution in [0.2, 0.25) is 0 Å². The molecule has 1 aliphatic rings. The maximum absolute atomic E-state index is 12.4.